The molecular weight excluding hydrogens is 257 g/mol. The van der Waals surface area contributed by atoms with Crippen molar-refractivity contribution in [2.45, 2.75) is 13.3 Å². The van der Waals surface area contributed by atoms with Gasteiger partial charge in [0.1, 0.15) is 5.82 Å². The van der Waals surface area contributed by atoms with Crippen molar-refractivity contribution in [1.82, 2.24) is 4.57 Å². The largest absolute Gasteiger partial charge is 0.355 e. The van der Waals surface area contributed by atoms with Gasteiger partial charge in [0, 0.05) is 25.0 Å². The first-order valence-electron chi connectivity index (χ1n) is 6.03. The predicted octanol–water partition coefficient (Wildman–Crippen LogP) is 4.10. The molecule has 1 aromatic carbocycles. The molecule has 96 valence electrons. The summed E-state index contributed by atoms with van der Waals surface area (Å²) in [5, 5.41) is 0. The Morgan fingerprint density at radius 2 is 2.05 bits per heavy atom. The van der Waals surface area contributed by atoms with Crippen molar-refractivity contribution in [3.05, 3.63) is 52.0 Å². The Hall–Kier alpha value is -1.92. The van der Waals surface area contributed by atoms with E-state index >= 15 is 0 Å². The maximum absolute atomic E-state index is 13.9. The first kappa shape index (κ1) is 13.5. The normalized spacial score (nSPS) is 10.2. The van der Waals surface area contributed by atoms with Crippen LogP contribution in [0.4, 0.5) is 4.39 Å². The number of halogens is 1. The number of rotatable bonds is 2. The molecule has 0 N–H and O–H groups in total. The molecule has 0 spiro atoms. The summed E-state index contributed by atoms with van der Waals surface area (Å²) in [6.07, 6.45) is 9.76. The van der Waals surface area contributed by atoms with E-state index in [4.69, 9.17) is 18.6 Å². The van der Waals surface area contributed by atoms with Gasteiger partial charge in [0.25, 0.3) is 0 Å². The number of benzene rings is 1. The van der Waals surface area contributed by atoms with Crippen LogP contribution in [-0.2, 0) is 13.5 Å². The van der Waals surface area contributed by atoms with Crippen molar-refractivity contribution in [1.29, 1.82) is 0 Å². The van der Waals surface area contributed by atoms with E-state index in [-0.39, 0.29) is 5.82 Å². The first-order chi connectivity index (χ1) is 9.08. The van der Waals surface area contributed by atoms with Crippen LogP contribution < -0.4 is 0 Å². The zero-order valence-electron chi connectivity index (χ0n) is 10.9. The van der Waals surface area contributed by atoms with Gasteiger partial charge in [0.2, 0.25) is 0 Å². The molecule has 0 unspecified atom stereocenters. The average molecular weight is 271 g/mol. The quantitative estimate of drug-likeness (QED) is 0.588. The fourth-order valence-electron chi connectivity index (χ4n) is 2.17. The number of hydrogen-bond donors (Lipinski definition) is 0. The minimum atomic E-state index is -0.205. The van der Waals surface area contributed by atoms with Gasteiger partial charge in [-0.3, -0.25) is 0 Å². The molecule has 1 heterocycles. The molecule has 0 fully saturated rings. The van der Waals surface area contributed by atoms with E-state index in [1.807, 2.05) is 30.8 Å². The third kappa shape index (κ3) is 2.45. The molecule has 0 saturated carbocycles. The van der Waals surface area contributed by atoms with Crippen molar-refractivity contribution in [3.63, 3.8) is 0 Å². The average Bonchev–Trinajstić information content (AvgIpc) is 2.40. The Morgan fingerprint density at radius 1 is 1.32 bits per heavy atom. The highest BCUT2D eigenvalue weighted by molar-refractivity contribution is 7.71. The molecule has 1 nitrogen and oxygen atoms in total. The SMILES string of the molecule is C#Cc1cn(C)cc(-c2cccc(F)c2CC)c1=S. The molecule has 19 heavy (non-hydrogen) atoms. The molecule has 0 radical (unpaired) electrons. The van der Waals surface area contributed by atoms with Crippen molar-refractivity contribution in [3.8, 4) is 23.5 Å². The monoisotopic (exact) mass is 271 g/mol. The van der Waals surface area contributed by atoms with E-state index in [1.165, 1.54) is 6.07 Å². The number of pyridine rings is 1. The molecule has 0 saturated heterocycles. The number of terminal acetylenes is 1. The molecule has 0 bridgehead atoms. The molecule has 0 atom stereocenters. The Balaban J connectivity index is 2.81. The van der Waals surface area contributed by atoms with E-state index in [0.717, 1.165) is 11.1 Å². The van der Waals surface area contributed by atoms with Crippen LogP contribution in [0.2, 0.25) is 0 Å². The second kappa shape index (κ2) is 5.38. The summed E-state index contributed by atoms with van der Waals surface area (Å²) in [4.78, 5) is 0. The minimum absolute atomic E-state index is 0.205. The maximum Gasteiger partial charge on any atom is 0.127 e. The Kier molecular flexibility index (Phi) is 3.82. The highest BCUT2D eigenvalue weighted by atomic mass is 32.1. The van der Waals surface area contributed by atoms with Gasteiger partial charge in [-0.25, -0.2) is 4.39 Å². The Morgan fingerprint density at radius 3 is 2.68 bits per heavy atom. The molecule has 2 aromatic rings. The minimum Gasteiger partial charge on any atom is -0.355 e. The molecule has 2 rings (SSSR count). The highest BCUT2D eigenvalue weighted by Crippen LogP contribution is 2.28. The standard InChI is InChI=1S/C16H14FNS/c1-4-11-9-18(3)10-14(16(11)19)13-7-6-8-15(17)12(13)5-2/h1,6-10H,5H2,2-3H3. The van der Waals surface area contributed by atoms with E-state index in [2.05, 4.69) is 5.92 Å². The number of aromatic nitrogens is 1. The second-order valence-electron chi connectivity index (χ2n) is 4.34. The van der Waals surface area contributed by atoms with Gasteiger partial charge in [0.15, 0.2) is 0 Å². The van der Waals surface area contributed by atoms with E-state index in [0.29, 0.717) is 22.1 Å². The lowest BCUT2D eigenvalue weighted by molar-refractivity contribution is 0.613. The van der Waals surface area contributed by atoms with Gasteiger partial charge in [-0.15, -0.1) is 6.42 Å². The highest BCUT2D eigenvalue weighted by Gasteiger charge is 2.11. The number of hydrogen-bond acceptors (Lipinski definition) is 1. The van der Waals surface area contributed by atoms with Crippen LogP contribution in [0.3, 0.4) is 0 Å². The van der Waals surface area contributed by atoms with E-state index in [9.17, 15) is 4.39 Å². The van der Waals surface area contributed by atoms with Crippen molar-refractivity contribution < 1.29 is 4.39 Å². The van der Waals surface area contributed by atoms with E-state index in [1.54, 1.807) is 12.3 Å². The first-order valence-corrected chi connectivity index (χ1v) is 6.44. The summed E-state index contributed by atoms with van der Waals surface area (Å²) >= 11 is 5.41. The molecule has 3 heteroatoms. The van der Waals surface area contributed by atoms with Gasteiger partial charge in [-0.05, 0) is 23.6 Å². The fraction of sp³-hybridized carbons (Fsp3) is 0.188. The molecule has 0 aliphatic heterocycles. The van der Waals surface area contributed by atoms with E-state index < -0.39 is 0 Å². The third-order valence-electron chi connectivity index (χ3n) is 3.07. The lowest BCUT2D eigenvalue weighted by Gasteiger charge is -2.12. The summed E-state index contributed by atoms with van der Waals surface area (Å²) in [6, 6.07) is 5.05. The van der Waals surface area contributed by atoms with Gasteiger partial charge in [0.05, 0.1) is 10.1 Å². The van der Waals surface area contributed by atoms with Crippen LogP contribution >= 0.6 is 12.2 Å². The van der Waals surface area contributed by atoms with Crippen molar-refractivity contribution >= 4 is 12.2 Å². The van der Waals surface area contributed by atoms with Crippen LogP contribution in [0.5, 0.6) is 0 Å². The Labute approximate surface area is 117 Å². The van der Waals surface area contributed by atoms with Gasteiger partial charge >= 0.3 is 0 Å². The third-order valence-corrected chi connectivity index (χ3v) is 3.51. The van der Waals surface area contributed by atoms with Crippen LogP contribution in [0.1, 0.15) is 18.1 Å². The fourth-order valence-corrected chi connectivity index (χ4v) is 2.45. The lowest BCUT2D eigenvalue weighted by Crippen LogP contribution is -1.98. The zero-order valence-corrected chi connectivity index (χ0v) is 11.7. The lowest BCUT2D eigenvalue weighted by atomic mass is 9.98. The number of aryl methyl sites for hydroxylation is 1. The Bertz CT molecular complexity index is 723. The van der Waals surface area contributed by atoms with Crippen LogP contribution in [0, 0.1) is 22.7 Å². The molecule has 0 aliphatic rings. The summed E-state index contributed by atoms with van der Waals surface area (Å²) in [6.45, 7) is 1.93. The van der Waals surface area contributed by atoms with Crippen LogP contribution in [-0.4, -0.2) is 4.57 Å². The summed E-state index contributed by atoms with van der Waals surface area (Å²) in [5.41, 5.74) is 2.95. The molecular formula is C16H14FNS. The van der Waals surface area contributed by atoms with Crippen LogP contribution in [0.25, 0.3) is 11.1 Å². The molecule has 1 aromatic heterocycles. The van der Waals surface area contributed by atoms with Crippen molar-refractivity contribution in [2.24, 2.45) is 7.05 Å². The topological polar surface area (TPSA) is 4.93 Å². The summed E-state index contributed by atoms with van der Waals surface area (Å²) in [7, 11) is 1.88. The maximum atomic E-state index is 13.9. The van der Waals surface area contributed by atoms with Crippen LogP contribution in [0.15, 0.2) is 30.6 Å². The van der Waals surface area contributed by atoms with Gasteiger partial charge < -0.3 is 4.57 Å². The summed E-state index contributed by atoms with van der Waals surface area (Å²) < 4.78 is 16.3. The summed E-state index contributed by atoms with van der Waals surface area (Å²) in [5.74, 6) is 2.37. The van der Waals surface area contributed by atoms with Crippen molar-refractivity contribution in [2.75, 3.05) is 0 Å². The molecule has 0 aliphatic carbocycles. The zero-order chi connectivity index (χ0) is 14.0. The number of nitrogens with zero attached hydrogens (tertiary/aromatic N) is 1. The van der Waals surface area contributed by atoms with Gasteiger partial charge in [-0.1, -0.05) is 37.2 Å². The predicted molar refractivity (Wildman–Crippen MR) is 79.0 cm³/mol. The smallest absolute Gasteiger partial charge is 0.127 e. The van der Waals surface area contributed by atoms with Gasteiger partial charge in [-0.2, -0.15) is 0 Å². The molecule has 0 amide bonds. The second-order valence-corrected chi connectivity index (χ2v) is 4.75.